The first-order valence-electron chi connectivity index (χ1n) is 9.38. The highest BCUT2D eigenvalue weighted by molar-refractivity contribution is 8.01. The van der Waals surface area contributed by atoms with E-state index in [0.29, 0.717) is 11.5 Å². The van der Waals surface area contributed by atoms with E-state index in [4.69, 9.17) is 10.6 Å². The maximum atomic E-state index is 12.8. The highest BCUT2D eigenvalue weighted by Crippen LogP contribution is 2.41. The third-order valence-electron chi connectivity index (χ3n) is 4.86. The van der Waals surface area contributed by atoms with Crippen molar-refractivity contribution in [2.24, 2.45) is 5.16 Å². The van der Waals surface area contributed by atoms with Crippen LogP contribution in [0.25, 0.3) is 0 Å². The van der Waals surface area contributed by atoms with E-state index in [1.54, 1.807) is 10.3 Å². The molecule has 0 aromatic carbocycles. The first-order valence-corrected chi connectivity index (χ1v) is 12.3. The first-order chi connectivity index (χ1) is 15.8. The van der Waals surface area contributed by atoms with Crippen molar-refractivity contribution in [2.75, 3.05) is 24.3 Å². The van der Waals surface area contributed by atoms with Crippen molar-refractivity contribution in [3.05, 3.63) is 43.1 Å². The fourth-order valence-electron chi connectivity index (χ4n) is 3.19. The Morgan fingerprint density at radius 3 is 2.88 bits per heavy atom. The molecule has 0 spiro atoms. The van der Waals surface area contributed by atoms with Gasteiger partial charge in [0.25, 0.3) is 11.8 Å². The van der Waals surface area contributed by atoms with Crippen molar-refractivity contribution in [2.45, 2.75) is 23.5 Å². The minimum Gasteiger partial charge on any atom is -0.398 e. The predicted octanol–water partition coefficient (Wildman–Crippen LogP) is -0.686. The van der Waals surface area contributed by atoms with Gasteiger partial charge in [-0.15, -0.1) is 28.2 Å². The second kappa shape index (κ2) is 9.40. The fourth-order valence-corrected chi connectivity index (χ4v) is 6.24. The highest BCUT2D eigenvalue weighted by Gasteiger charge is 2.51. The summed E-state index contributed by atoms with van der Waals surface area (Å²) < 4.78 is 0. The Labute approximate surface area is 198 Å². The molecular formula is C17H18N8O5S3. The molecule has 4 heterocycles. The number of carbonyl (C=O) groups is 2. The summed E-state index contributed by atoms with van der Waals surface area (Å²) in [4.78, 5) is 61.0. The zero-order chi connectivity index (χ0) is 23.7. The van der Waals surface area contributed by atoms with E-state index in [1.807, 2.05) is 6.92 Å². The summed E-state index contributed by atoms with van der Waals surface area (Å²) >= 11 is 3.91. The van der Waals surface area contributed by atoms with E-state index in [9.17, 15) is 19.2 Å². The van der Waals surface area contributed by atoms with Gasteiger partial charge in [-0.05, 0) is 12.5 Å². The second-order valence-corrected chi connectivity index (χ2v) is 9.80. The minimum absolute atomic E-state index is 0.0655. The molecule has 2 aromatic heterocycles. The third kappa shape index (κ3) is 4.53. The molecule has 16 heteroatoms. The van der Waals surface area contributed by atoms with Gasteiger partial charge in [0.1, 0.15) is 24.2 Å². The van der Waals surface area contributed by atoms with Crippen LogP contribution in [0.5, 0.6) is 0 Å². The van der Waals surface area contributed by atoms with Crippen molar-refractivity contribution in [3.63, 3.8) is 0 Å². The number of anilines is 1. The van der Waals surface area contributed by atoms with Gasteiger partial charge in [-0.25, -0.2) is 10.1 Å². The molecule has 5 N–H and O–H groups in total. The van der Waals surface area contributed by atoms with Crippen molar-refractivity contribution in [1.82, 2.24) is 30.4 Å². The van der Waals surface area contributed by atoms with Gasteiger partial charge in [0.05, 0.1) is 0 Å². The number of aromatic amines is 2. The number of nitrogen functional groups attached to an aromatic ring is 1. The average molecular weight is 511 g/mol. The molecule has 4 rings (SSSR count). The smallest absolute Gasteiger partial charge is 0.329 e. The molecule has 13 nitrogen and oxygen atoms in total. The summed E-state index contributed by atoms with van der Waals surface area (Å²) in [7, 11) is 1.31. The summed E-state index contributed by atoms with van der Waals surface area (Å²) in [5, 5.41) is 14.3. The number of oxime groups is 1. The van der Waals surface area contributed by atoms with Crippen LogP contribution < -0.4 is 22.2 Å². The van der Waals surface area contributed by atoms with Crippen molar-refractivity contribution in [3.8, 4) is 0 Å². The van der Waals surface area contributed by atoms with E-state index >= 15 is 0 Å². The van der Waals surface area contributed by atoms with Gasteiger partial charge >= 0.3 is 11.1 Å². The van der Waals surface area contributed by atoms with Crippen LogP contribution in [-0.2, 0) is 14.4 Å². The van der Waals surface area contributed by atoms with Crippen molar-refractivity contribution < 1.29 is 14.4 Å². The maximum absolute atomic E-state index is 12.8. The van der Waals surface area contributed by atoms with Crippen LogP contribution >= 0.6 is 34.9 Å². The van der Waals surface area contributed by atoms with Gasteiger partial charge in [0.2, 0.25) is 0 Å². The quantitative estimate of drug-likeness (QED) is 0.122. The lowest BCUT2D eigenvalue weighted by molar-refractivity contribution is -0.144. The molecule has 1 fully saturated rings. The Morgan fingerprint density at radius 1 is 1.42 bits per heavy atom. The molecule has 2 aromatic rings. The van der Waals surface area contributed by atoms with Crippen LogP contribution in [0.2, 0.25) is 0 Å². The summed E-state index contributed by atoms with van der Waals surface area (Å²) in [5.41, 5.74) is 6.01. The number of nitrogens with zero attached hydrogens (tertiary/aromatic N) is 4. The molecule has 2 aliphatic heterocycles. The number of H-pyrrole nitrogens is 2. The molecule has 0 saturated carbocycles. The summed E-state index contributed by atoms with van der Waals surface area (Å²) in [6, 6.07) is -0.720. The summed E-state index contributed by atoms with van der Waals surface area (Å²) in [6.07, 6.45) is 0. The summed E-state index contributed by atoms with van der Waals surface area (Å²) in [5.74, 6) is 0.258. The van der Waals surface area contributed by atoms with E-state index < -0.39 is 23.1 Å². The zero-order valence-electron chi connectivity index (χ0n) is 17.3. The van der Waals surface area contributed by atoms with Gasteiger partial charge in [-0.3, -0.25) is 29.1 Å². The van der Waals surface area contributed by atoms with E-state index in [2.05, 4.69) is 30.6 Å². The first kappa shape index (κ1) is 23.1. The van der Waals surface area contributed by atoms with Crippen LogP contribution in [-0.4, -0.2) is 72.6 Å². The number of allylic oxidation sites excluding steroid dienone is 1. The third-order valence-corrected chi connectivity index (χ3v) is 7.84. The molecule has 0 radical (unpaired) electrons. The monoisotopic (exact) mass is 510 g/mol. The molecule has 2 aliphatic rings. The number of hydrogen-bond donors (Lipinski definition) is 4. The average Bonchev–Trinajstić information content (AvgIpc) is 3.22. The molecule has 0 aliphatic carbocycles. The highest BCUT2D eigenvalue weighted by atomic mass is 32.2. The van der Waals surface area contributed by atoms with E-state index in [1.165, 1.54) is 30.6 Å². The number of nitrogens with two attached hydrogens (primary N) is 1. The number of hydrogen-bond acceptors (Lipinski definition) is 12. The summed E-state index contributed by atoms with van der Waals surface area (Å²) in [6.45, 7) is 1.83. The van der Waals surface area contributed by atoms with Crippen LogP contribution in [0.3, 0.4) is 0 Å². The molecular weight excluding hydrogens is 492 g/mol. The Hall–Kier alpha value is -3.11. The number of aromatic nitrogens is 4. The van der Waals surface area contributed by atoms with E-state index in [0.717, 1.165) is 22.6 Å². The number of amides is 2. The van der Waals surface area contributed by atoms with Crippen LogP contribution in [0.1, 0.15) is 12.6 Å². The Kier molecular flexibility index (Phi) is 6.57. The largest absolute Gasteiger partial charge is 0.398 e. The Bertz CT molecular complexity index is 1280. The number of thioether (sulfide) groups is 2. The van der Waals surface area contributed by atoms with Crippen molar-refractivity contribution >= 4 is 57.5 Å². The molecule has 0 unspecified atom stereocenters. The predicted molar refractivity (Wildman–Crippen MR) is 124 cm³/mol. The number of β-lactam (4-membered cyclic amide) rings is 1. The normalized spacial score (nSPS) is 20.4. The van der Waals surface area contributed by atoms with Gasteiger partial charge in [-0.2, -0.15) is 0 Å². The second-order valence-electron chi connectivity index (χ2n) is 6.84. The number of fused-ring (bicyclic) bond motifs is 1. The van der Waals surface area contributed by atoms with Crippen LogP contribution in [0, 0.1) is 0 Å². The Balaban J connectivity index is 1.42. The number of rotatable bonds is 7. The van der Waals surface area contributed by atoms with Gasteiger partial charge in [0.15, 0.2) is 16.0 Å². The minimum atomic E-state index is -0.818. The maximum Gasteiger partial charge on any atom is 0.329 e. The molecule has 174 valence electrons. The van der Waals surface area contributed by atoms with Crippen molar-refractivity contribution in [1.29, 1.82) is 0 Å². The Morgan fingerprint density at radius 2 is 2.21 bits per heavy atom. The zero-order valence-corrected chi connectivity index (χ0v) is 19.7. The SMILES string of the molecule is CO/N=C(\C(=O)N[C@@H]1C(=O)N2C(C)=C(CSc3n[nH]c(=O)c(=O)[nH]3)CS[C@H]12)c1csc(N)n1. The molecule has 0 bridgehead atoms. The lowest BCUT2D eigenvalue weighted by Gasteiger charge is -2.50. The molecule has 33 heavy (non-hydrogen) atoms. The lowest BCUT2D eigenvalue weighted by atomic mass is 10.0. The van der Waals surface area contributed by atoms with E-state index in [-0.39, 0.29) is 33.0 Å². The number of carbonyl (C=O) groups excluding carboxylic acids is 2. The standard InChI is InChI=1S/C17H18N8O5S3/c1-6-7(4-33-17-21-12(27)13(28)22-23-17)3-31-15-10(14(29)25(6)15)20-11(26)9(24-30-2)8-5-32-16(18)19-8/h5,10,15H,3-4H2,1-2H3,(H2,18,19)(H,20,26)(H,22,28)(H,21,23,27)/b24-9-/t10-,15-/m1/s1. The molecule has 1 saturated heterocycles. The lowest BCUT2D eigenvalue weighted by Crippen LogP contribution is -2.70. The van der Waals surface area contributed by atoms with Crippen LogP contribution in [0.4, 0.5) is 5.13 Å². The topological polar surface area (TPSA) is 189 Å². The molecule has 2 amide bonds. The van der Waals surface area contributed by atoms with Gasteiger partial charge < -0.3 is 15.9 Å². The van der Waals surface area contributed by atoms with Gasteiger partial charge in [-0.1, -0.05) is 16.9 Å². The number of thiazole rings is 1. The molecule has 2 atom stereocenters. The fraction of sp³-hybridized carbons (Fsp3) is 0.353. The van der Waals surface area contributed by atoms with Crippen LogP contribution in [0.15, 0.2) is 36.6 Å². The number of nitrogens with one attached hydrogen (secondary N) is 3. The van der Waals surface area contributed by atoms with Gasteiger partial charge in [0, 0.05) is 22.6 Å².